The molecule has 2 aromatic rings. The van der Waals surface area contributed by atoms with Gasteiger partial charge in [-0.3, -0.25) is 0 Å². The zero-order valence-electron chi connectivity index (χ0n) is 13.2. The van der Waals surface area contributed by atoms with E-state index in [2.05, 4.69) is 34.6 Å². The van der Waals surface area contributed by atoms with Gasteiger partial charge in [-0.15, -0.1) is 0 Å². The average Bonchev–Trinajstić information content (AvgIpc) is 2.36. The summed E-state index contributed by atoms with van der Waals surface area (Å²) in [5.41, 5.74) is 2.90. The fourth-order valence-electron chi connectivity index (χ4n) is 1.80. The molecule has 4 nitrogen and oxygen atoms in total. The van der Waals surface area contributed by atoms with E-state index in [4.69, 9.17) is 4.43 Å². The van der Waals surface area contributed by atoms with Crippen molar-refractivity contribution in [1.29, 1.82) is 0 Å². The molecule has 0 atom stereocenters. The highest BCUT2D eigenvalue weighted by atomic mass is 28.4. The highest BCUT2D eigenvalue weighted by Crippen LogP contribution is 2.30. The van der Waals surface area contributed by atoms with Crippen molar-refractivity contribution in [2.75, 3.05) is 0 Å². The van der Waals surface area contributed by atoms with Gasteiger partial charge in [-0.25, -0.2) is 15.0 Å². The van der Waals surface area contributed by atoms with E-state index in [9.17, 15) is 0 Å². The van der Waals surface area contributed by atoms with Crippen molar-refractivity contribution in [3.63, 3.8) is 0 Å². The van der Waals surface area contributed by atoms with Crippen LogP contribution in [0.5, 0.6) is 5.75 Å². The SMILES string of the molecule is Cc1ccc(/N=C\c2nccc(C)n2)c(O[Si](C)(C)C)c1. The van der Waals surface area contributed by atoms with Gasteiger partial charge in [-0.05, 0) is 57.3 Å². The maximum Gasteiger partial charge on any atom is 0.242 e. The van der Waals surface area contributed by atoms with Crippen molar-refractivity contribution in [1.82, 2.24) is 9.97 Å². The van der Waals surface area contributed by atoms with E-state index in [1.54, 1.807) is 12.4 Å². The predicted molar refractivity (Wildman–Crippen MR) is 89.2 cm³/mol. The van der Waals surface area contributed by atoms with Crippen molar-refractivity contribution in [3.05, 3.63) is 47.5 Å². The molecule has 110 valence electrons. The number of hydrogen-bond donors (Lipinski definition) is 0. The van der Waals surface area contributed by atoms with Crippen LogP contribution in [0, 0.1) is 13.8 Å². The summed E-state index contributed by atoms with van der Waals surface area (Å²) >= 11 is 0. The fourth-order valence-corrected chi connectivity index (χ4v) is 2.62. The molecule has 0 saturated heterocycles. The van der Waals surface area contributed by atoms with Crippen molar-refractivity contribution >= 4 is 20.2 Å². The number of aryl methyl sites for hydroxylation is 2. The van der Waals surface area contributed by atoms with E-state index in [1.165, 1.54) is 0 Å². The van der Waals surface area contributed by atoms with Crippen LogP contribution in [-0.4, -0.2) is 24.5 Å². The maximum absolute atomic E-state index is 6.11. The summed E-state index contributed by atoms with van der Waals surface area (Å²) < 4.78 is 6.11. The first kappa shape index (κ1) is 15.4. The molecule has 0 spiro atoms. The molecule has 21 heavy (non-hydrogen) atoms. The van der Waals surface area contributed by atoms with Crippen LogP contribution in [0.25, 0.3) is 0 Å². The normalized spacial score (nSPS) is 11.9. The van der Waals surface area contributed by atoms with Crippen LogP contribution in [0.1, 0.15) is 17.1 Å². The van der Waals surface area contributed by atoms with E-state index in [1.807, 2.05) is 38.1 Å². The average molecular weight is 299 g/mol. The Hall–Kier alpha value is -2.01. The molecule has 0 unspecified atom stereocenters. The Morgan fingerprint density at radius 3 is 2.57 bits per heavy atom. The molecule has 0 aliphatic carbocycles. The number of hydrogen-bond acceptors (Lipinski definition) is 4. The zero-order chi connectivity index (χ0) is 15.5. The molecule has 0 N–H and O–H groups in total. The minimum absolute atomic E-state index is 0.606. The lowest BCUT2D eigenvalue weighted by Crippen LogP contribution is -2.29. The second-order valence-electron chi connectivity index (χ2n) is 6.00. The molecule has 2 rings (SSSR count). The molecule has 0 aliphatic rings. The number of aromatic nitrogens is 2. The predicted octanol–water partition coefficient (Wildman–Crippen LogP) is 4.06. The highest BCUT2D eigenvalue weighted by molar-refractivity contribution is 6.70. The maximum atomic E-state index is 6.11. The molecule has 1 heterocycles. The fraction of sp³-hybridized carbons (Fsp3) is 0.312. The molecular weight excluding hydrogens is 278 g/mol. The van der Waals surface area contributed by atoms with Gasteiger partial charge in [0.2, 0.25) is 8.32 Å². The molecule has 1 aromatic heterocycles. The van der Waals surface area contributed by atoms with E-state index < -0.39 is 8.32 Å². The zero-order valence-corrected chi connectivity index (χ0v) is 14.2. The van der Waals surface area contributed by atoms with Gasteiger partial charge in [0, 0.05) is 11.9 Å². The van der Waals surface area contributed by atoms with Crippen LogP contribution >= 0.6 is 0 Å². The lowest BCUT2D eigenvalue weighted by Gasteiger charge is -2.20. The number of aliphatic imine (C=N–C) groups is 1. The second kappa shape index (κ2) is 6.18. The Bertz CT molecular complexity index is 663. The summed E-state index contributed by atoms with van der Waals surface area (Å²) in [7, 11) is -1.67. The number of benzene rings is 1. The lowest BCUT2D eigenvalue weighted by atomic mass is 10.2. The van der Waals surface area contributed by atoms with Crippen LogP contribution in [-0.2, 0) is 0 Å². The Balaban J connectivity index is 2.31. The molecule has 0 radical (unpaired) electrons. The van der Waals surface area contributed by atoms with E-state index in [-0.39, 0.29) is 0 Å². The summed E-state index contributed by atoms with van der Waals surface area (Å²) in [5, 5.41) is 0. The minimum Gasteiger partial charge on any atom is -0.543 e. The van der Waals surface area contributed by atoms with Gasteiger partial charge in [0.25, 0.3) is 0 Å². The van der Waals surface area contributed by atoms with Gasteiger partial charge in [0.15, 0.2) is 5.82 Å². The summed E-state index contributed by atoms with van der Waals surface area (Å²) in [5.74, 6) is 1.44. The molecule has 0 fully saturated rings. The summed E-state index contributed by atoms with van der Waals surface area (Å²) in [6.07, 6.45) is 3.41. The number of rotatable bonds is 4. The highest BCUT2D eigenvalue weighted by Gasteiger charge is 2.18. The summed E-state index contributed by atoms with van der Waals surface area (Å²) in [6.45, 7) is 10.5. The van der Waals surface area contributed by atoms with Gasteiger partial charge in [-0.1, -0.05) is 6.07 Å². The quantitative estimate of drug-likeness (QED) is 0.632. The third kappa shape index (κ3) is 4.79. The van der Waals surface area contributed by atoms with E-state index in [0.717, 1.165) is 22.7 Å². The van der Waals surface area contributed by atoms with Crippen LogP contribution in [0.3, 0.4) is 0 Å². The minimum atomic E-state index is -1.67. The first-order valence-corrected chi connectivity index (χ1v) is 10.4. The van der Waals surface area contributed by atoms with Gasteiger partial charge >= 0.3 is 0 Å². The van der Waals surface area contributed by atoms with Gasteiger partial charge in [0.05, 0.1) is 6.21 Å². The Labute approximate surface area is 127 Å². The third-order valence-electron chi connectivity index (χ3n) is 2.66. The van der Waals surface area contributed by atoms with Crippen molar-refractivity contribution < 1.29 is 4.43 Å². The lowest BCUT2D eigenvalue weighted by molar-refractivity contribution is 0.558. The van der Waals surface area contributed by atoms with E-state index >= 15 is 0 Å². The Morgan fingerprint density at radius 2 is 1.90 bits per heavy atom. The molecule has 1 aromatic carbocycles. The molecule has 0 aliphatic heterocycles. The Kier molecular flexibility index (Phi) is 4.52. The van der Waals surface area contributed by atoms with Crippen LogP contribution in [0.4, 0.5) is 5.69 Å². The monoisotopic (exact) mass is 299 g/mol. The van der Waals surface area contributed by atoms with Crippen molar-refractivity contribution in [2.45, 2.75) is 33.5 Å². The molecule has 0 bridgehead atoms. The first-order chi connectivity index (χ1) is 9.83. The van der Waals surface area contributed by atoms with E-state index in [0.29, 0.717) is 5.82 Å². The molecule has 0 amide bonds. The molecule has 5 heteroatoms. The third-order valence-corrected chi connectivity index (χ3v) is 3.50. The topological polar surface area (TPSA) is 47.4 Å². The molecule has 0 saturated carbocycles. The van der Waals surface area contributed by atoms with Crippen LogP contribution in [0.2, 0.25) is 19.6 Å². The second-order valence-corrected chi connectivity index (χ2v) is 10.4. The van der Waals surface area contributed by atoms with Crippen molar-refractivity contribution in [3.8, 4) is 5.75 Å². The van der Waals surface area contributed by atoms with Gasteiger partial charge in [0.1, 0.15) is 11.4 Å². The standard InChI is InChI=1S/C16H21N3OSi/c1-12-6-7-14(15(10-12)20-21(3,4)5)18-11-16-17-9-8-13(2)19-16/h6-11H,1-5H3/b18-11-. The summed E-state index contributed by atoms with van der Waals surface area (Å²) in [4.78, 5) is 13.0. The molecular formula is C16H21N3OSi. The first-order valence-electron chi connectivity index (χ1n) is 6.97. The summed E-state index contributed by atoms with van der Waals surface area (Å²) in [6, 6.07) is 7.89. The van der Waals surface area contributed by atoms with Gasteiger partial charge in [-0.2, -0.15) is 0 Å². The van der Waals surface area contributed by atoms with Crippen molar-refractivity contribution in [2.24, 2.45) is 4.99 Å². The smallest absolute Gasteiger partial charge is 0.242 e. The largest absolute Gasteiger partial charge is 0.543 e. The van der Waals surface area contributed by atoms with Crippen LogP contribution < -0.4 is 4.43 Å². The Morgan fingerprint density at radius 1 is 1.14 bits per heavy atom. The van der Waals surface area contributed by atoms with Gasteiger partial charge < -0.3 is 4.43 Å². The number of nitrogens with zero attached hydrogens (tertiary/aromatic N) is 3. The van der Waals surface area contributed by atoms with Crippen LogP contribution in [0.15, 0.2) is 35.5 Å².